The third kappa shape index (κ3) is 5.37. The van der Waals surface area contributed by atoms with Crippen LogP contribution in [0.2, 0.25) is 5.02 Å². The summed E-state index contributed by atoms with van der Waals surface area (Å²) in [4.78, 5) is 12.2. The lowest BCUT2D eigenvalue weighted by molar-refractivity contribution is 0.0472. The fourth-order valence-corrected chi connectivity index (χ4v) is 3.73. The highest BCUT2D eigenvalue weighted by Gasteiger charge is 2.16. The first-order valence-corrected chi connectivity index (χ1v) is 10.8. The number of hydrogen-bond acceptors (Lipinski definition) is 6. The SMILES string of the molecule is CS(=O)(=O)Cc1ccc(C(=O)OCc2cc(Cl)c3c(c2)OCCCO3)cc1. The minimum Gasteiger partial charge on any atom is -0.489 e. The van der Waals surface area contributed by atoms with Gasteiger partial charge in [-0.25, -0.2) is 13.2 Å². The number of benzene rings is 2. The summed E-state index contributed by atoms with van der Waals surface area (Å²) in [6, 6.07) is 9.71. The number of hydrogen-bond donors (Lipinski definition) is 0. The van der Waals surface area contributed by atoms with Gasteiger partial charge < -0.3 is 14.2 Å². The Hall–Kier alpha value is -2.25. The second-order valence-electron chi connectivity index (χ2n) is 6.30. The molecule has 0 radical (unpaired) electrons. The zero-order valence-electron chi connectivity index (χ0n) is 14.7. The van der Waals surface area contributed by atoms with E-state index < -0.39 is 15.8 Å². The van der Waals surface area contributed by atoms with Crippen molar-refractivity contribution in [3.05, 3.63) is 58.1 Å². The van der Waals surface area contributed by atoms with Gasteiger partial charge in [0.25, 0.3) is 0 Å². The maximum Gasteiger partial charge on any atom is 0.338 e. The van der Waals surface area contributed by atoms with E-state index in [1.165, 1.54) is 0 Å². The summed E-state index contributed by atoms with van der Waals surface area (Å²) in [5.41, 5.74) is 1.64. The van der Waals surface area contributed by atoms with Crippen molar-refractivity contribution >= 4 is 27.4 Å². The number of rotatable bonds is 5. The van der Waals surface area contributed by atoms with Gasteiger partial charge in [0.05, 0.1) is 29.6 Å². The second kappa shape index (κ2) is 8.19. The first-order valence-electron chi connectivity index (χ1n) is 8.33. The normalized spacial score (nSPS) is 13.7. The molecule has 0 saturated carbocycles. The van der Waals surface area contributed by atoms with Gasteiger partial charge in [-0.05, 0) is 35.4 Å². The molecule has 6 nitrogen and oxygen atoms in total. The smallest absolute Gasteiger partial charge is 0.338 e. The fraction of sp³-hybridized carbons (Fsp3) is 0.316. The lowest BCUT2D eigenvalue weighted by atomic mass is 10.1. The first kappa shape index (κ1) is 19.5. The van der Waals surface area contributed by atoms with E-state index in [2.05, 4.69) is 0 Å². The van der Waals surface area contributed by atoms with E-state index >= 15 is 0 Å². The van der Waals surface area contributed by atoms with Crippen molar-refractivity contribution in [1.82, 2.24) is 0 Å². The lowest BCUT2D eigenvalue weighted by Crippen LogP contribution is -2.06. The molecule has 2 aromatic rings. The number of carbonyl (C=O) groups is 1. The molecule has 2 aromatic carbocycles. The van der Waals surface area contributed by atoms with Crippen molar-refractivity contribution in [2.75, 3.05) is 19.5 Å². The van der Waals surface area contributed by atoms with E-state index in [-0.39, 0.29) is 12.4 Å². The quantitative estimate of drug-likeness (QED) is 0.703. The molecule has 0 atom stereocenters. The van der Waals surface area contributed by atoms with Crippen molar-refractivity contribution in [1.29, 1.82) is 0 Å². The molecule has 0 amide bonds. The standard InChI is InChI=1S/C19H19ClO6S/c1-27(22,23)12-13-3-5-15(6-4-13)19(21)26-11-14-9-16(20)18-17(10-14)24-7-2-8-25-18/h3-6,9-10H,2,7-8,11-12H2,1H3. The van der Waals surface area contributed by atoms with Crippen LogP contribution >= 0.6 is 11.6 Å². The molecule has 0 saturated heterocycles. The fourth-order valence-electron chi connectivity index (χ4n) is 2.64. The van der Waals surface area contributed by atoms with Crippen LogP contribution < -0.4 is 9.47 Å². The highest BCUT2D eigenvalue weighted by Crippen LogP contribution is 2.38. The van der Waals surface area contributed by atoms with E-state index in [0.717, 1.165) is 12.7 Å². The van der Waals surface area contributed by atoms with Gasteiger partial charge in [0.1, 0.15) is 6.61 Å². The molecule has 8 heteroatoms. The Morgan fingerprint density at radius 3 is 2.52 bits per heavy atom. The Balaban J connectivity index is 1.65. The molecular weight excluding hydrogens is 392 g/mol. The topological polar surface area (TPSA) is 78.9 Å². The Morgan fingerprint density at radius 2 is 1.81 bits per heavy atom. The summed E-state index contributed by atoms with van der Waals surface area (Å²) >= 11 is 6.23. The molecule has 1 heterocycles. The molecule has 0 N–H and O–H groups in total. The van der Waals surface area contributed by atoms with E-state index in [1.807, 2.05) is 0 Å². The van der Waals surface area contributed by atoms with Crippen LogP contribution in [0.4, 0.5) is 0 Å². The second-order valence-corrected chi connectivity index (χ2v) is 8.85. The Bertz CT molecular complexity index is 937. The van der Waals surface area contributed by atoms with E-state index in [4.69, 9.17) is 25.8 Å². The number of carbonyl (C=O) groups excluding carboxylic acids is 1. The first-order chi connectivity index (χ1) is 12.8. The number of fused-ring (bicyclic) bond motifs is 1. The predicted octanol–water partition coefficient (Wildman–Crippen LogP) is 3.40. The molecule has 0 spiro atoms. The lowest BCUT2D eigenvalue weighted by Gasteiger charge is -2.12. The Kier molecular flexibility index (Phi) is 5.92. The van der Waals surface area contributed by atoms with Gasteiger partial charge in [0, 0.05) is 12.7 Å². The van der Waals surface area contributed by atoms with Crippen LogP contribution in [0, 0.1) is 0 Å². The van der Waals surface area contributed by atoms with Crippen LogP contribution in [-0.4, -0.2) is 33.9 Å². The van der Waals surface area contributed by atoms with Crippen molar-refractivity contribution in [2.45, 2.75) is 18.8 Å². The number of esters is 1. The summed E-state index contributed by atoms with van der Waals surface area (Å²) < 4.78 is 39.1. The van der Waals surface area contributed by atoms with Crippen molar-refractivity contribution in [3.63, 3.8) is 0 Å². The molecular formula is C19H19ClO6S. The van der Waals surface area contributed by atoms with Gasteiger partial charge in [0.15, 0.2) is 21.3 Å². The average molecular weight is 411 g/mol. The number of halogens is 1. The number of ether oxygens (including phenoxy) is 3. The van der Waals surface area contributed by atoms with Crippen molar-refractivity contribution < 1.29 is 27.4 Å². The molecule has 0 fully saturated rings. The Labute approximate surface area is 162 Å². The highest BCUT2D eigenvalue weighted by molar-refractivity contribution is 7.89. The van der Waals surface area contributed by atoms with Crippen molar-refractivity contribution in [3.8, 4) is 11.5 Å². The van der Waals surface area contributed by atoms with Gasteiger partial charge >= 0.3 is 5.97 Å². The average Bonchev–Trinajstić information content (AvgIpc) is 2.85. The maximum atomic E-state index is 12.2. The van der Waals surface area contributed by atoms with Gasteiger partial charge in [-0.15, -0.1) is 0 Å². The predicted molar refractivity (Wildman–Crippen MR) is 101 cm³/mol. The van der Waals surface area contributed by atoms with E-state index in [9.17, 15) is 13.2 Å². The summed E-state index contributed by atoms with van der Waals surface area (Å²) in [6.45, 7) is 1.10. The van der Waals surface area contributed by atoms with Gasteiger partial charge in [-0.2, -0.15) is 0 Å². The molecule has 0 aliphatic carbocycles. The molecule has 27 heavy (non-hydrogen) atoms. The van der Waals surface area contributed by atoms with Crippen LogP contribution in [0.25, 0.3) is 0 Å². The molecule has 0 bridgehead atoms. The molecule has 1 aliphatic heterocycles. The molecule has 3 rings (SSSR count). The third-order valence-corrected chi connectivity index (χ3v) is 4.99. The monoisotopic (exact) mass is 410 g/mol. The summed E-state index contributed by atoms with van der Waals surface area (Å²) in [6.07, 6.45) is 1.93. The Morgan fingerprint density at radius 1 is 1.11 bits per heavy atom. The summed E-state index contributed by atoms with van der Waals surface area (Å²) in [5.74, 6) is 0.462. The minimum absolute atomic E-state index is 0.0281. The van der Waals surface area contributed by atoms with E-state index in [0.29, 0.717) is 46.4 Å². The number of sulfone groups is 1. The highest BCUT2D eigenvalue weighted by atomic mass is 35.5. The largest absolute Gasteiger partial charge is 0.489 e. The van der Waals surface area contributed by atoms with Gasteiger partial charge in [0.2, 0.25) is 0 Å². The van der Waals surface area contributed by atoms with Gasteiger partial charge in [-0.3, -0.25) is 0 Å². The van der Waals surface area contributed by atoms with Crippen LogP contribution in [0.1, 0.15) is 27.9 Å². The van der Waals surface area contributed by atoms with Crippen LogP contribution in [-0.2, 0) is 26.9 Å². The molecule has 1 aliphatic rings. The maximum absolute atomic E-state index is 12.2. The zero-order chi connectivity index (χ0) is 19.4. The minimum atomic E-state index is -3.12. The van der Waals surface area contributed by atoms with Gasteiger partial charge in [-0.1, -0.05) is 23.7 Å². The zero-order valence-corrected chi connectivity index (χ0v) is 16.3. The summed E-state index contributed by atoms with van der Waals surface area (Å²) in [7, 11) is -3.12. The molecule has 0 unspecified atom stereocenters. The third-order valence-electron chi connectivity index (χ3n) is 3.85. The van der Waals surface area contributed by atoms with Crippen LogP contribution in [0.15, 0.2) is 36.4 Å². The summed E-state index contributed by atoms with van der Waals surface area (Å²) in [5, 5.41) is 0.408. The molecule has 144 valence electrons. The van der Waals surface area contributed by atoms with Crippen LogP contribution in [0.3, 0.4) is 0 Å². The molecule has 0 aromatic heterocycles. The van der Waals surface area contributed by atoms with E-state index in [1.54, 1.807) is 36.4 Å². The van der Waals surface area contributed by atoms with Crippen LogP contribution in [0.5, 0.6) is 11.5 Å². The van der Waals surface area contributed by atoms with Crippen molar-refractivity contribution in [2.24, 2.45) is 0 Å².